The molecule has 4 rings (SSSR count). The Labute approximate surface area is 187 Å². The van der Waals surface area contributed by atoms with Gasteiger partial charge in [-0.3, -0.25) is 4.79 Å². The molecule has 164 valence electrons. The van der Waals surface area contributed by atoms with Crippen molar-refractivity contribution >= 4 is 34.8 Å². The zero-order valence-electron chi connectivity index (χ0n) is 16.5. The zero-order valence-corrected chi connectivity index (χ0v) is 18.0. The standard InChI is InChI=1S/C22H19Cl2F3N2O2/c1-12-6-14(4-5-15(12)11-28-20(30)13-2-3-13)19-10-21(31-29-19,22(25,26)27)16-7-17(23)9-18(24)8-16/h4-9,13H,2-3,10-11H2,1H3,(H,28,30). The summed E-state index contributed by atoms with van der Waals surface area (Å²) in [5.41, 5.74) is -0.444. The van der Waals surface area contributed by atoms with Gasteiger partial charge in [0.25, 0.3) is 5.60 Å². The normalized spacial score (nSPS) is 20.9. The highest BCUT2D eigenvalue weighted by Crippen LogP contribution is 2.49. The molecule has 1 amide bonds. The second-order valence-corrected chi connectivity index (χ2v) is 8.80. The summed E-state index contributed by atoms with van der Waals surface area (Å²) in [4.78, 5) is 16.9. The van der Waals surface area contributed by atoms with Gasteiger partial charge in [-0.25, -0.2) is 0 Å². The summed E-state index contributed by atoms with van der Waals surface area (Å²) in [6, 6.07) is 8.96. The summed E-state index contributed by atoms with van der Waals surface area (Å²) >= 11 is 11.9. The molecule has 1 heterocycles. The van der Waals surface area contributed by atoms with Crippen LogP contribution in [0.2, 0.25) is 10.0 Å². The molecule has 9 heteroatoms. The summed E-state index contributed by atoms with van der Waals surface area (Å²) in [7, 11) is 0. The summed E-state index contributed by atoms with van der Waals surface area (Å²) in [5, 5.41) is 6.83. The smallest absolute Gasteiger partial charge is 0.374 e. The van der Waals surface area contributed by atoms with Crippen LogP contribution in [0.3, 0.4) is 0 Å². The third-order valence-corrected chi connectivity index (χ3v) is 6.03. The molecular formula is C22H19Cl2F3N2O2. The van der Waals surface area contributed by atoms with Crippen molar-refractivity contribution in [1.82, 2.24) is 5.32 Å². The van der Waals surface area contributed by atoms with Crippen LogP contribution in [0.4, 0.5) is 13.2 Å². The van der Waals surface area contributed by atoms with E-state index < -0.39 is 18.2 Å². The molecule has 1 atom stereocenters. The molecule has 2 aliphatic rings. The summed E-state index contributed by atoms with van der Waals surface area (Å²) in [5.74, 6) is 0.146. The number of oxime groups is 1. The summed E-state index contributed by atoms with van der Waals surface area (Å²) < 4.78 is 42.4. The molecule has 31 heavy (non-hydrogen) atoms. The number of hydrogen-bond donors (Lipinski definition) is 1. The van der Waals surface area contributed by atoms with E-state index in [0.717, 1.165) is 24.0 Å². The average Bonchev–Trinajstić information content (AvgIpc) is 3.43. The lowest BCUT2D eigenvalue weighted by atomic mass is 9.86. The van der Waals surface area contributed by atoms with Gasteiger partial charge in [0.05, 0.1) is 5.71 Å². The number of aryl methyl sites for hydroxylation is 1. The fraction of sp³-hybridized carbons (Fsp3) is 0.364. The largest absolute Gasteiger partial charge is 0.435 e. The number of amides is 1. The van der Waals surface area contributed by atoms with Crippen LogP contribution < -0.4 is 5.32 Å². The van der Waals surface area contributed by atoms with Crippen molar-refractivity contribution in [1.29, 1.82) is 0 Å². The Morgan fingerprint density at radius 3 is 2.45 bits per heavy atom. The van der Waals surface area contributed by atoms with E-state index in [1.807, 2.05) is 6.92 Å². The van der Waals surface area contributed by atoms with Crippen LogP contribution in [0.1, 0.15) is 41.5 Å². The van der Waals surface area contributed by atoms with Crippen LogP contribution in [0.15, 0.2) is 41.6 Å². The monoisotopic (exact) mass is 470 g/mol. The lowest BCUT2D eigenvalue weighted by molar-refractivity contribution is -0.275. The Hall–Kier alpha value is -2.25. The number of hydrogen-bond acceptors (Lipinski definition) is 3. The maximum atomic E-state index is 14.1. The van der Waals surface area contributed by atoms with Crippen molar-refractivity contribution in [3.63, 3.8) is 0 Å². The van der Waals surface area contributed by atoms with Crippen molar-refractivity contribution in [3.8, 4) is 0 Å². The number of benzene rings is 2. The Kier molecular flexibility index (Phi) is 5.68. The van der Waals surface area contributed by atoms with Crippen molar-refractivity contribution < 1.29 is 22.8 Å². The molecule has 1 fully saturated rings. The SMILES string of the molecule is Cc1cc(C2=NOC(c3cc(Cl)cc(Cl)c3)(C(F)(F)F)C2)ccc1CNC(=O)C1CC1. The van der Waals surface area contributed by atoms with Gasteiger partial charge in [-0.05, 0) is 60.7 Å². The van der Waals surface area contributed by atoms with Gasteiger partial charge in [0.2, 0.25) is 5.91 Å². The summed E-state index contributed by atoms with van der Waals surface area (Å²) in [6.07, 6.45) is -3.41. The van der Waals surface area contributed by atoms with E-state index in [1.165, 1.54) is 18.2 Å². The predicted octanol–water partition coefficient (Wildman–Crippen LogP) is 5.91. The van der Waals surface area contributed by atoms with Crippen molar-refractivity contribution in [2.24, 2.45) is 11.1 Å². The number of halogens is 5. The van der Waals surface area contributed by atoms with E-state index in [4.69, 9.17) is 28.0 Å². The fourth-order valence-electron chi connectivity index (χ4n) is 3.59. The lowest BCUT2D eigenvalue weighted by Gasteiger charge is -2.29. The van der Waals surface area contributed by atoms with Crippen molar-refractivity contribution in [3.05, 3.63) is 68.7 Å². The minimum absolute atomic E-state index is 0.0344. The highest BCUT2D eigenvalue weighted by Gasteiger charge is 2.62. The molecule has 1 unspecified atom stereocenters. The van der Waals surface area contributed by atoms with Gasteiger partial charge in [-0.1, -0.05) is 40.5 Å². The maximum Gasteiger partial charge on any atom is 0.435 e. The molecule has 1 saturated carbocycles. The highest BCUT2D eigenvalue weighted by molar-refractivity contribution is 6.34. The molecule has 2 aromatic rings. The fourth-order valence-corrected chi connectivity index (χ4v) is 4.12. The van der Waals surface area contributed by atoms with Crippen molar-refractivity contribution in [2.75, 3.05) is 0 Å². The van der Waals surface area contributed by atoms with Gasteiger partial charge in [0.15, 0.2) is 0 Å². The second kappa shape index (κ2) is 8.02. The first-order chi connectivity index (χ1) is 14.6. The first-order valence-corrected chi connectivity index (χ1v) is 10.5. The van der Waals surface area contributed by atoms with Gasteiger partial charge in [0.1, 0.15) is 0 Å². The minimum Gasteiger partial charge on any atom is -0.374 e. The zero-order chi connectivity index (χ0) is 22.4. The molecule has 0 spiro atoms. The van der Waals surface area contributed by atoms with E-state index in [1.54, 1.807) is 18.2 Å². The number of alkyl halides is 3. The predicted molar refractivity (Wildman–Crippen MR) is 112 cm³/mol. The average molecular weight is 471 g/mol. The first-order valence-electron chi connectivity index (χ1n) is 9.75. The van der Waals surface area contributed by atoms with E-state index >= 15 is 0 Å². The Bertz CT molecular complexity index is 1050. The molecule has 4 nitrogen and oxygen atoms in total. The molecular weight excluding hydrogens is 452 g/mol. The maximum absolute atomic E-state index is 14.1. The van der Waals surface area contributed by atoms with Crippen LogP contribution in [-0.2, 0) is 21.8 Å². The van der Waals surface area contributed by atoms with Gasteiger partial charge in [-0.15, -0.1) is 0 Å². The molecule has 2 aromatic carbocycles. The van der Waals surface area contributed by atoms with Gasteiger partial charge in [-0.2, -0.15) is 13.2 Å². The quantitative estimate of drug-likeness (QED) is 0.590. The van der Waals surface area contributed by atoms with Gasteiger partial charge in [0, 0.05) is 34.5 Å². The third kappa shape index (κ3) is 4.39. The van der Waals surface area contributed by atoms with Crippen LogP contribution in [-0.4, -0.2) is 17.8 Å². The minimum atomic E-state index is -4.74. The molecule has 0 aromatic heterocycles. The van der Waals surface area contributed by atoms with E-state index in [9.17, 15) is 18.0 Å². The van der Waals surface area contributed by atoms with E-state index in [2.05, 4.69) is 10.5 Å². The Balaban J connectivity index is 1.57. The van der Waals surface area contributed by atoms with Crippen molar-refractivity contribution in [2.45, 2.75) is 44.5 Å². The van der Waals surface area contributed by atoms with Gasteiger partial charge < -0.3 is 10.2 Å². The molecule has 1 aliphatic heterocycles. The van der Waals surface area contributed by atoms with Crippen LogP contribution in [0.5, 0.6) is 0 Å². The van der Waals surface area contributed by atoms with Crippen LogP contribution in [0, 0.1) is 12.8 Å². The Morgan fingerprint density at radius 2 is 1.87 bits per heavy atom. The highest BCUT2D eigenvalue weighted by atomic mass is 35.5. The summed E-state index contributed by atoms with van der Waals surface area (Å²) in [6.45, 7) is 2.21. The second-order valence-electron chi connectivity index (χ2n) is 7.92. The Morgan fingerprint density at radius 1 is 1.19 bits per heavy atom. The molecule has 1 N–H and O–H groups in total. The van der Waals surface area contributed by atoms with Crippen LogP contribution in [0.25, 0.3) is 0 Å². The number of carbonyl (C=O) groups excluding carboxylic acids is 1. The number of carbonyl (C=O) groups is 1. The molecule has 1 aliphatic carbocycles. The number of rotatable bonds is 5. The molecule has 0 radical (unpaired) electrons. The topological polar surface area (TPSA) is 50.7 Å². The first kappa shape index (κ1) is 22.0. The van der Waals surface area contributed by atoms with E-state index in [-0.39, 0.29) is 33.1 Å². The molecule has 0 bridgehead atoms. The number of nitrogens with zero attached hydrogens (tertiary/aromatic N) is 1. The van der Waals surface area contributed by atoms with Crippen LogP contribution >= 0.6 is 23.2 Å². The van der Waals surface area contributed by atoms with E-state index in [0.29, 0.717) is 12.1 Å². The lowest BCUT2D eigenvalue weighted by Crippen LogP contribution is -2.42. The molecule has 0 saturated heterocycles. The van der Waals surface area contributed by atoms with Gasteiger partial charge >= 0.3 is 6.18 Å². The third-order valence-electron chi connectivity index (χ3n) is 5.59. The number of nitrogens with one attached hydrogen (secondary N) is 1.